The molecule has 0 bridgehead atoms. The molecule has 32 heavy (non-hydrogen) atoms. The van der Waals surface area contributed by atoms with Crippen molar-refractivity contribution in [3.8, 4) is 0 Å². The lowest BCUT2D eigenvalue weighted by atomic mass is 10.0. The van der Waals surface area contributed by atoms with E-state index in [0.717, 1.165) is 22.7 Å². The molecule has 1 heterocycles. The molecule has 2 atom stereocenters. The predicted octanol–water partition coefficient (Wildman–Crippen LogP) is 2.81. The maximum atomic E-state index is 13.1. The van der Waals surface area contributed by atoms with Gasteiger partial charge < -0.3 is 15.4 Å². The number of thiol groups is 1. The molecular formula is C21H30N4O5S2. The normalized spacial score (nSPS) is 12.9. The molecule has 3 N–H and O–H groups in total. The van der Waals surface area contributed by atoms with Crippen LogP contribution < -0.4 is 15.4 Å². The fourth-order valence-electron chi connectivity index (χ4n) is 3.08. The van der Waals surface area contributed by atoms with Gasteiger partial charge >= 0.3 is 6.09 Å². The second kappa shape index (κ2) is 12.4. The first kappa shape index (κ1) is 25.6. The van der Waals surface area contributed by atoms with Gasteiger partial charge in [0.2, 0.25) is 16.8 Å². The molecule has 0 fully saturated rings. The van der Waals surface area contributed by atoms with Crippen LogP contribution in [0.25, 0.3) is 0 Å². The van der Waals surface area contributed by atoms with Crippen LogP contribution in [0, 0.1) is 5.92 Å². The lowest BCUT2D eigenvalue weighted by Crippen LogP contribution is -2.48. The van der Waals surface area contributed by atoms with Crippen LogP contribution in [-0.4, -0.2) is 38.6 Å². The summed E-state index contributed by atoms with van der Waals surface area (Å²) in [6.45, 7) is 5.95. The van der Waals surface area contributed by atoms with Gasteiger partial charge in [0.1, 0.15) is 11.0 Å². The molecule has 176 valence electrons. The summed E-state index contributed by atoms with van der Waals surface area (Å²) in [5, 5.41) is 8.36. The van der Waals surface area contributed by atoms with Gasteiger partial charge in [-0.2, -0.15) is 0 Å². The van der Waals surface area contributed by atoms with Gasteiger partial charge in [-0.1, -0.05) is 32.9 Å². The molecule has 0 aliphatic carbocycles. The number of rotatable bonds is 11. The number of carbonyl (C=O) groups is 2. The topological polar surface area (TPSA) is 126 Å². The van der Waals surface area contributed by atoms with E-state index in [4.69, 9.17) is 0 Å². The van der Waals surface area contributed by atoms with Crippen LogP contribution in [0.4, 0.5) is 10.5 Å². The molecule has 0 saturated heterocycles. The Balaban J connectivity index is 2.24. The molecule has 2 rings (SSSR count). The molecule has 2 amide bonds. The Morgan fingerprint density at radius 3 is 2.38 bits per heavy atom. The van der Waals surface area contributed by atoms with Crippen molar-refractivity contribution >= 4 is 39.9 Å². The monoisotopic (exact) mass is 482 g/mol. The molecular weight excluding hydrogens is 452 g/mol. The molecule has 0 saturated carbocycles. The van der Waals surface area contributed by atoms with Gasteiger partial charge in [0.25, 0.3) is 0 Å². The highest BCUT2D eigenvalue weighted by atomic mass is 32.2. The van der Waals surface area contributed by atoms with Crippen LogP contribution in [0.15, 0.2) is 29.6 Å². The van der Waals surface area contributed by atoms with E-state index in [9.17, 15) is 18.0 Å². The van der Waals surface area contributed by atoms with Gasteiger partial charge in [-0.25, -0.2) is 18.2 Å². The Morgan fingerprint density at radius 1 is 1.16 bits per heavy atom. The van der Waals surface area contributed by atoms with Crippen LogP contribution in [0.2, 0.25) is 0 Å². The second-order valence-electron chi connectivity index (χ2n) is 7.68. The lowest BCUT2D eigenvalue weighted by Gasteiger charge is -2.23. The Morgan fingerprint density at radius 2 is 1.84 bits per heavy atom. The number of nitrogens with zero attached hydrogens (tertiary/aromatic N) is 1. The van der Waals surface area contributed by atoms with Crippen molar-refractivity contribution in [1.82, 2.24) is 15.6 Å². The summed E-state index contributed by atoms with van der Waals surface area (Å²) in [6.07, 6.45) is 1.04. The molecule has 1 aromatic heterocycles. The Hall–Kier alpha value is -2.66. The lowest BCUT2D eigenvalue weighted by molar-refractivity contribution is -0.124. The highest BCUT2D eigenvalue weighted by molar-refractivity contribution is 7.73. The first-order chi connectivity index (χ1) is 15.2. The van der Waals surface area contributed by atoms with E-state index in [2.05, 4.69) is 25.1 Å². The van der Waals surface area contributed by atoms with Crippen molar-refractivity contribution in [2.24, 2.45) is 5.92 Å². The zero-order chi connectivity index (χ0) is 23.7. The number of anilines is 1. The van der Waals surface area contributed by atoms with Crippen LogP contribution in [0.5, 0.6) is 0 Å². The maximum absolute atomic E-state index is 13.1. The van der Waals surface area contributed by atoms with Crippen molar-refractivity contribution in [2.75, 3.05) is 11.8 Å². The third-order valence-corrected chi connectivity index (χ3v) is 6.11. The zero-order valence-corrected chi connectivity index (χ0v) is 20.3. The van der Waals surface area contributed by atoms with Gasteiger partial charge in [-0.15, -0.1) is 11.3 Å². The molecule has 1 aromatic carbocycles. The number of carbonyl (C=O) groups excluding carboxylic acids is 2. The summed E-state index contributed by atoms with van der Waals surface area (Å²) in [5.41, 5.74) is 2.30. The Labute approximate surface area is 194 Å². The number of aryl methyl sites for hydroxylation is 1. The second-order valence-corrected chi connectivity index (χ2v) is 9.31. The molecule has 0 unspecified atom stereocenters. The molecule has 0 aliphatic heterocycles. The third-order valence-electron chi connectivity index (χ3n) is 4.66. The summed E-state index contributed by atoms with van der Waals surface area (Å²) in [4.78, 5) is 29.4. The van der Waals surface area contributed by atoms with Crippen molar-refractivity contribution in [2.45, 2.75) is 52.1 Å². The fourth-order valence-corrected chi connectivity index (χ4v) is 4.39. The Bertz CT molecular complexity index is 965. The first-order valence-electron chi connectivity index (χ1n) is 10.3. The van der Waals surface area contributed by atoms with Gasteiger partial charge in [0.05, 0.1) is 18.8 Å². The molecule has 0 spiro atoms. The highest BCUT2D eigenvalue weighted by Gasteiger charge is 2.26. The van der Waals surface area contributed by atoms with E-state index in [1.54, 1.807) is 24.3 Å². The summed E-state index contributed by atoms with van der Waals surface area (Å²) < 4.78 is 28.7. The number of amides is 2. The number of methoxy groups -OCH3 is 1. The standard InChI is InChI=1S/C21H30N4O5S2/c1-5-15-12-31-20(22-15)18(11-14-6-8-16(9-7-14)25-32(28)29)23-19(26)17(10-13(2)3)24-21(27)30-4/h6-9,12-13,17-18,32H,5,10-11H2,1-4H3,(H,23,26)(H,24,27)(H,25,28,29)/t17-,18-/m0/s1. The molecule has 2 aromatic rings. The van der Waals surface area contributed by atoms with Gasteiger partial charge in [0, 0.05) is 11.1 Å². The number of alkyl carbamates (subject to hydrolysis) is 1. The third kappa shape index (κ3) is 8.12. The van der Waals surface area contributed by atoms with Crippen LogP contribution >= 0.6 is 11.3 Å². The SMILES string of the molecule is CCc1csc([C@H](Cc2ccc(N[SH](=O)=O)cc2)NC(=O)[C@H](CC(C)C)NC(=O)OC)n1. The summed E-state index contributed by atoms with van der Waals surface area (Å²) >= 11 is 1.47. The van der Waals surface area contributed by atoms with Gasteiger partial charge in [-0.05, 0) is 42.9 Å². The minimum absolute atomic E-state index is 0.181. The molecule has 0 aliphatic rings. The highest BCUT2D eigenvalue weighted by Crippen LogP contribution is 2.24. The Kier molecular flexibility index (Phi) is 9.92. The number of hydrogen-bond donors (Lipinski definition) is 4. The fraction of sp³-hybridized carbons (Fsp3) is 0.476. The number of aromatic nitrogens is 1. The summed E-state index contributed by atoms with van der Waals surface area (Å²) in [5.74, 6) is -0.135. The zero-order valence-electron chi connectivity index (χ0n) is 18.6. The van der Waals surface area contributed by atoms with E-state index >= 15 is 0 Å². The van der Waals surface area contributed by atoms with Crippen LogP contribution in [0.1, 0.15) is 49.5 Å². The molecule has 0 radical (unpaired) electrons. The first-order valence-corrected chi connectivity index (χ1v) is 12.4. The minimum atomic E-state index is -2.73. The van der Waals surface area contributed by atoms with Gasteiger partial charge in [0.15, 0.2) is 0 Å². The van der Waals surface area contributed by atoms with Crippen molar-refractivity contribution in [3.05, 3.63) is 45.9 Å². The largest absolute Gasteiger partial charge is 0.453 e. The van der Waals surface area contributed by atoms with E-state index < -0.39 is 29.1 Å². The van der Waals surface area contributed by atoms with E-state index in [1.165, 1.54) is 18.4 Å². The average Bonchev–Trinajstić information content (AvgIpc) is 3.22. The average molecular weight is 483 g/mol. The van der Waals surface area contributed by atoms with E-state index in [1.807, 2.05) is 26.2 Å². The molecule has 9 nitrogen and oxygen atoms in total. The van der Waals surface area contributed by atoms with Crippen molar-refractivity contribution < 1.29 is 22.7 Å². The minimum Gasteiger partial charge on any atom is -0.453 e. The van der Waals surface area contributed by atoms with Gasteiger partial charge in [-0.3, -0.25) is 9.52 Å². The number of hydrogen-bond acceptors (Lipinski definition) is 7. The predicted molar refractivity (Wildman–Crippen MR) is 125 cm³/mol. The summed E-state index contributed by atoms with van der Waals surface area (Å²) in [7, 11) is -1.48. The number of benzene rings is 1. The maximum Gasteiger partial charge on any atom is 0.407 e. The number of ether oxygens (including phenoxy) is 1. The summed E-state index contributed by atoms with van der Waals surface area (Å²) in [6, 6.07) is 5.78. The quantitative estimate of drug-likeness (QED) is 0.365. The number of thiazole rings is 1. The van der Waals surface area contributed by atoms with Crippen LogP contribution in [-0.2, 0) is 33.3 Å². The van der Waals surface area contributed by atoms with E-state index in [-0.39, 0.29) is 11.8 Å². The van der Waals surface area contributed by atoms with Crippen LogP contribution in [0.3, 0.4) is 0 Å². The van der Waals surface area contributed by atoms with Crippen molar-refractivity contribution in [1.29, 1.82) is 0 Å². The van der Waals surface area contributed by atoms with Crippen molar-refractivity contribution in [3.63, 3.8) is 0 Å². The smallest absolute Gasteiger partial charge is 0.407 e. The van der Waals surface area contributed by atoms with E-state index in [0.29, 0.717) is 18.5 Å². The number of nitrogens with one attached hydrogen (secondary N) is 3. The molecule has 11 heteroatoms.